The van der Waals surface area contributed by atoms with Crippen LogP contribution in [0.25, 0.3) is 21.9 Å². The van der Waals surface area contributed by atoms with E-state index in [-0.39, 0.29) is 0 Å². The van der Waals surface area contributed by atoms with Crippen molar-refractivity contribution in [1.29, 1.82) is 0 Å². The van der Waals surface area contributed by atoms with Crippen molar-refractivity contribution in [2.45, 2.75) is 19.3 Å². The number of fused-ring (bicyclic) bond motifs is 1. The van der Waals surface area contributed by atoms with E-state index >= 15 is 0 Å². The van der Waals surface area contributed by atoms with Gasteiger partial charge in [-0.2, -0.15) is 0 Å². The summed E-state index contributed by atoms with van der Waals surface area (Å²) < 4.78 is 0. The zero-order valence-electron chi connectivity index (χ0n) is 12.8. The first kappa shape index (κ1) is 13.0. The number of quaternary nitrogens is 1. The number of carbonyl (C=O) groups excluding carboxylic acids is 1. The number of carbonyl (C=O) groups is 1. The molecule has 23 heavy (non-hydrogen) atoms. The van der Waals surface area contributed by atoms with Gasteiger partial charge in [0.25, 0.3) is 0 Å². The lowest BCUT2D eigenvalue weighted by atomic mass is 9.92. The summed E-state index contributed by atoms with van der Waals surface area (Å²) in [6, 6.07) is 12.9. The van der Waals surface area contributed by atoms with Gasteiger partial charge in [0.15, 0.2) is 0 Å². The molecule has 1 unspecified atom stereocenters. The van der Waals surface area contributed by atoms with Crippen molar-refractivity contribution in [1.82, 2.24) is 4.98 Å². The predicted molar refractivity (Wildman–Crippen MR) is 89.7 cm³/mol. The van der Waals surface area contributed by atoms with Crippen molar-refractivity contribution in [3.63, 3.8) is 0 Å². The highest BCUT2D eigenvalue weighted by molar-refractivity contribution is 5.96. The van der Waals surface area contributed by atoms with Crippen LogP contribution in [0.4, 0.5) is 5.69 Å². The number of benzene rings is 2. The Bertz CT molecular complexity index is 956. The van der Waals surface area contributed by atoms with E-state index in [1.54, 1.807) is 0 Å². The zero-order chi connectivity index (χ0) is 15.4. The number of pyridine rings is 1. The standard InChI is InChI=1S/C20H16N2O/c23-19-6-5-13-9-16(10-14-7-8-22(19)20(13)14)18-12-21-11-15-3-1-2-4-17(15)18/h1-4,9-12H,5-8H2/p+1. The molecule has 0 spiro atoms. The van der Waals surface area contributed by atoms with Gasteiger partial charge in [0.05, 0.1) is 13.0 Å². The lowest BCUT2D eigenvalue weighted by Crippen LogP contribution is -3.09. The maximum Gasteiger partial charge on any atom is 0.317 e. The van der Waals surface area contributed by atoms with Crippen molar-refractivity contribution in [2.24, 2.45) is 0 Å². The van der Waals surface area contributed by atoms with E-state index in [0.29, 0.717) is 12.3 Å². The van der Waals surface area contributed by atoms with E-state index < -0.39 is 0 Å². The Morgan fingerprint density at radius 2 is 1.78 bits per heavy atom. The minimum atomic E-state index is 0.357. The number of nitrogens with zero attached hydrogens (tertiary/aromatic N) is 1. The zero-order valence-corrected chi connectivity index (χ0v) is 12.8. The Morgan fingerprint density at radius 3 is 2.70 bits per heavy atom. The van der Waals surface area contributed by atoms with Crippen LogP contribution in [0, 0.1) is 0 Å². The molecule has 0 bridgehead atoms. The average Bonchev–Trinajstić information content (AvgIpc) is 3.03. The van der Waals surface area contributed by atoms with Gasteiger partial charge in [0, 0.05) is 40.9 Å². The number of aromatic nitrogens is 1. The van der Waals surface area contributed by atoms with Crippen LogP contribution in [-0.2, 0) is 17.6 Å². The fourth-order valence-electron chi connectivity index (χ4n) is 4.11. The first-order chi connectivity index (χ1) is 11.3. The second kappa shape index (κ2) is 4.74. The van der Waals surface area contributed by atoms with Crippen LogP contribution in [0.2, 0.25) is 0 Å². The molecule has 0 aliphatic carbocycles. The molecule has 3 nitrogen and oxygen atoms in total. The second-order valence-corrected chi connectivity index (χ2v) is 6.48. The largest absolute Gasteiger partial charge is 0.317 e. The van der Waals surface area contributed by atoms with Crippen LogP contribution >= 0.6 is 0 Å². The molecule has 2 aliphatic rings. The fourth-order valence-corrected chi connectivity index (χ4v) is 4.11. The van der Waals surface area contributed by atoms with Gasteiger partial charge in [-0.25, -0.2) is 9.69 Å². The Morgan fingerprint density at radius 1 is 0.957 bits per heavy atom. The third-order valence-electron chi connectivity index (χ3n) is 5.19. The van der Waals surface area contributed by atoms with Gasteiger partial charge in [-0.05, 0) is 29.5 Å². The van der Waals surface area contributed by atoms with Crippen molar-refractivity contribution in [3.05, 3.63) is 59.9 Å². The molecule has 0 radical (unpaired) electrons. The summed E-state index contributed by atoms with van der Waals surface area (Å²) in [4.78, 5) is 17.6. The third-order valence-corrected chi connectivity index (χ3v) is 5.19. The molecule has 0 saturated heterocycles. The molecule has 1 amide bonds. The minimum Gasteiger partial charge on any atom is -0.263 e. The van der Waals surface area contributed by atoms with E-state index in [1.165, 1.54) is 38.7 Å². The molecular weight excluding hydrogens is 284 g/mol. The topological polar surface area (TPSA) is 34.4 Å². The quantitative estimate of drug-likeness (QED) is 0.749. The summed E-state index contributed by atoms with van der Waals surface area (Å²) in [5, 5.41) is 2.41. The highest BCUT2D eigenvalue weighted by Gasteiger charge is 2.37. The number of rotatable bonds is 1. The summed E-state index contributed by atoms with van der Waals surface area (Å²) in [5.41, 5.74) is 6.37. The van der Waals surface area contributed by atoms with Crippen LogP contribution in [-0.4, -0.2) is 17.4 Å². The highest BCUT2D eigenvalue weighted by Crippen LogP contribution is 2.34. The SMILES string of the molecule is O=C1CCc2cc(-c3cncc4ccccc34)cc3c2[NH+]1CC3. The second-order valence-electron chi connectivity index (χ2n) is 6.48. The summed E-state index contributed by atoms with van der Waals surface area (Å²) >= 11 is 0. The number of amides is 1. The molecule has 3 aromatic rings. The van der Waals surface area contributed by atoms with Crippen molar-refractivity contribution < 1.29 is 9.69 Å². The maximum absolute atomic E-state index is 12.1. The molecule has 112 valence electrons. The maximum atomic E-state index is 12.1. The van der Waals surface area contributed by atoms with Gasteiger partial charge >= 0.3 is 5.91 Å². The van der Waals surface area contributed by atoms with Gasteiger partial charge < -0.3 is 0 Å². The van der Waals surface area contributed by atoms with Crippen molar-refractivity contribution in [3.8, 4) is 11.1 Å². The molecule has 1 atom stereocenters. The summed E-state index contributed by atoms with van der Waals surface area (Å²) in [6.07, 6.45) is 6.41. The highest BCUT2D eigenvalue weighted by atomic mass is 16.2. The van der Waals surface area contributed by atoms with E-state index in [1.807, 2.05) is 18.5 Å². The first-order valence-corrected chi connectivity index (χ1v) is 8.19. The van der Waals surface area contributed by atoms with E-state index in [9.17, 15) is 4.79 Å². The number of hydrogen-bond acceptors (Lipinski definition) is 2. The van der Waals surface area contributed by atoms with Gasteiger partial charge in [-0.15, -0.1) is 0 Å². The van der Waals surface area contributed by atoms with Gasteiger partial charge in [-0.3, -0.25) is 4.98 Å². The van der Waals surface area contributed by atoms with Crippen LogP contribution in [0.5, 0.6) is 0 Å². The Kier molecular flexibility index (Phi) is 2.67. The molecule has 3 heteroatoms. The Hall–Kier alpha value is -2.52. The molecule has 2 aliphatic heterocycles. The lowest BCUT2D eigenvalue weighted by Gasteiger charge is -2.20. The summed E-state index contributed by atoms with van der Waals surface area (Å²) in [5.74, 6) is 0.357. The van der Waals surface area contributed by atoms with Crippen LogP contribution in [0.3, 0.4) is 0 Å². The number of hydrogen-bond donors (Lipinski definition) is 1. The molecule has 3 heterocycles. The van der Waals surface area contributed by atoms with Crippen LogP contribution in [0.15, 0.2) is 48.8 Å². The van der Waals surface area contributed by atoms with Crippen LogP contribution in [0.1, 0.15) is 17.5 Å². The average molecular weight is 301 g/mol. The summed E-state index contributed by atoms with van der Waals surface area (Å²) in [6.45, 7) is 0.915. The lowest BCUT2D eigenvalue weighted by molar-refractivity contribution is -0.744. The monoisotopic (exact) mass is 301 g/mol. The molecule has 0 fully saturated rings. The Labute approximate surface area is 134 Å². The molecule has 1 N–H and O–H groups in total. The smallest absolute Gasteiger partial charge is 0.263 e. The molecular formula is C20H17N2O+. The normalized spacial score (nSPS) is 19.1. The van der Waals surface area contributed by atoms with Crippen LogP contribution < -0.4 is 4.90 Å². The van der Waals surface area contributed by atoms with Crippen molar-refractivity contribution >= 4 is 22.4 Å². The van der Waals surface area contributed by atoms with E-state index in [0.717, 1.165) is 24.3 Å². The fraction of sp³-hybridized carbons (Fsp3) is 0.200. The first-order valence-electron chi connectivity index (χ1n) is 8.19. The molecule has 2 aromatic carbocycles. The summed E-state index contributed by atoms with van der Waals surface area (Å²) in [7, 11) is 0. The van der Waals surface area contributed by atoms with Crippen molar-refractivity contribution in [2.75, 3.05) is 6.54 Å². The number of aryl methyl sites for hydroxylation is 1. The number of nitrogens with one attached hydrogen (secondary N) is 1. The minimum absolute atomic E-state index is 0.357. The van der Waals surface area contributed by atoms with E-state index in [2.05, 4.69) is 35.3 Å². The predicted octanol–water partition coefficient (Wildman–Crippen LogP) is 2.45. The van der Waals surface area contributed by atoms with Gasteiger partial charge in [0.2, 0.25) is 0 Å². The molecule has 0 saturated carbocycles. The Balaban J connectivity index is 1.75. The van der Waals surface area contributed by atoms with Gasteiger partial charge in [0.1, 0.15) is 5.69 Å². The molecule has 5 rings (SSSR count). The van der Waals surface area contributed by atoms with Gasteiger partial charge in [-0.1, -0.05) is 24.3 Å². The third kappa shape index (κ3) is 1.87. The molecule has 1 aromatic heterocycles. The van der Waals surface area contributed by atoms with E-state index in [4.69, 9.17) is 0 Å².